The Kier molecular flexibility index (Phi) is 5.55. The number of hydrazine groups is 1. The first kappa shape index (κ1) is 19.4. The normalized spacial score (nSPS) is 16.5. The fourth-order valence-corrected chi connectivity index (χ4v) is 4.20. The standard InChI is InChI=1S/C19H19F3N2O2S/c1-11-5-6-15-13(7-11)10-16(27-15)18(26)24-23-17(25)9-12-3-2-4-14(8-12)19(20,21)22/h2-4,8,10-11H,5-7,9H2,1H3,(H,23,25)(H,24,26)/t11-/m1/s1. The Morgan fingerprint density at radius 2 is 2.00 bits per heavy atom. The first-order valence-electron chi connectivity index (χ1n) is 8.59. The minimum Gasteiger partial charge on any atom is -0.273 e. The zero-order valence-corrected chi connectivity index (χ0v) is 15.5. The predicted octanol–water partition coefficient (Wildman–Crippen LogP) is 3.90. The molecule has 1 aliphatic carbocycles. The highest BCUT2D eigenvalue weighted by Gasteiger charge is 2.30. The molecule has 0 fully saturated rings. The largest absolute Gasteiger partial charge is 0.416 e. The summed E-state index contributed by atoms with van der Waals surface area (Å²) in [6.07, 6.45) is -1.72. The molecule has 27 heavy (non-hydrogen) atoms. The maximum atomic E-state index is 12.7. The zero-order valence-electron chi connectivity index (χ0n) is 14.7. The first-order chi connectivity index (χ1) is 12.7. The van der Waals surface area contributed by atoms with Crippen molar-refractivity contribution in [1.29, 1.82) is 0 Å². The van der Waals surface area contributed by atoms with Gasteiger partial charge in [0.05, 0.1) is 16.9 Å². The van der Waals surface area contributed by atoms with Crippen LogP contribution < -0.4 is 10.9 Å². The van der Waals surface area contributed by atoms with Crippen LogP contribution in [0.25, 0.3) is 0 Å². The number of thiophene rings is 1. The molecule has 0 unspecified atom stereocenters. The van der Waals surface area contributed by atoms with Crippen LogP contribution in [-0.2, 0) is 30.2 Å². The van der Waals surface area contributed by atoms with Gasteiger partial charge in [-0.15, -0.1) is 11.3 Å². The van der Waals surface area contributed by atoms with Crippen LogP contribution in [0.1, 0.15) is 44.6 Å². The van der Waals surface area contributed by atoms with Gasteiger partial charge in [-0.25, -0.2) is 0 Å². The zero-order chi connectivity index (χ0) is 19.6. The Morgan fingerprint density at radius 1 is 1.22 bits per heavy atom. The van der Waals surface area contributed by atoms with Crippen LogP contribution in [-0.4, -0.2) is 11.8 Å². The molecule has 1 heterocycles. The molecule has 1 atom stereocenters. The van der Waals surface area contributed by atoms with Gasteiger partial charge in [-0.1, -0.05) is 25.1 Å². The molecule has 0 radical (unpaired) electrons. The Balaban J connectivity index is 1.56. The Hall–Kier alpha value is -2.35. The number of benzene rings is 1. The van der Waals surface area contributed by atoms with Gasteiger partial charge in [0.1, 0.15) is 0 Å². The van der Waals surface area contributed by atoms with Gasteiger partial charge in [0.25, 0.3) is 5.91 Å². The molecule has 0 saturated heterocycles. The van der Waals surface area contributed by atoms with Crippen molar-refractivity contribution in [2.45, 2.75) is 38.8 Å². The van der Waals surface area contributed by atoms with E-state index in [4.69, 9.17) is 0 Å². The van der Waals surface area contributed by atoms with Gasteiger partial charge in [0.15, 0.2) is 0 Å². The summed E-state index contributed by atoms with van der Waals surface area (Å²) >= 11 is 1.42. The summed E-state index contributed by atoms with van der Waals surface area (Å²) in [5.74, 6) is -0.410. The molecule has 4 nitrogen and oxygen atoms in total. The number of hydrogen-bond donors (Lipinski definition) is 2. The fraction of sp³-hybridized carbons (Fsp3) is 0.368. The van der Waals surface area contributed by atoms with E-state index in [1.165, 1.54) is 33.9 Å². The molecule has 0 aliphatic heterocycles. The number of nitrogens with one attached hydrogen (secondary N) is 2. The third-order valence-corrected chi connectivity index (χ3v) is 5.72. The quantitative estimate of drug-likeness (QED) is 0.774. The lowest BCUT2D eigenvalue weighted by Gasteiger charge is -2.16. The van der Waals surface area contributed by atoms with E-state index in [2.05, 4.69) is 17.8 Å². The number of fused-ring (bicyclic) bond motifs is 1. The summed E-state index contributed by atoms with van der Waals surface area (Å²) in [5.41, 5.74) is 5.19. The lowest BCUT2D eigenvalue weighted by molar-refractivity contribution is -0.137. The first-order valence-corrected chi connectivity index (χ1v) is 9.41. The van der Waals surface area contributed by atoms with Crippen molar-refractivity contribution in [2.75, 3.05) is 0 Å². The van der Waals surface area contributed by atoms with E-state index in [1.807, 2.05) is 6.07 Å². The summed E-state index contributed by atoms with van der Waals surface area (Å²) in [4.78, 5) is 25.9. The second-order valence-corrected chi connectivity index (χ2v) is 7.92. The van der Waals surface area contributed by atoms with Crippen molar-refractivity contribution in [2.24, 2.45) is 5.92 Å². The molecule has 1 aromatic carbocycles. The predicted molar refractivity (Wildman–Crippen MR) is 96.3 cm³/mol. The smallest absolute Gasteiger partial charge is 0.273 e. The fourth-order valence-electron chi connectivity index (χ4n) is 3.09. The van der Waals surface area contributed by atoms with Crippen molar-refractivity contribution < 1.29 is 22.8 Å². The number of alkyl halides is 3. The maximum absolute atomic E-state index is 12.7. The third kappa shape index (κ3) is 4.88. The molecule has 2 N–H and O–H groups in total. The van der Waals surface area contributed by atoms with Gasteiger partial charge in [-0.3, -0.25) is 20.4 Å². The molecule has 3 rings (SSSR count). The highest BCUT2D eigenvalue weighted by molar-refractivity contribution is 7.14. The molecule has 0 saturated carbocycles. The Bertz CT molecular complexity index is 861. The number of carbonyl (C=O) groups is 2. The highest BCUT2D eigenvalue weighted by Crippen LogP contribution is 2.32. The van der Waals surface area contributed by atoms with E-state index in [9.17, 15) is 22.8 Å². The monoisotopic (exact) mass is 396 g/mol. The number of hydrogen-bond acceptors (Lipinski definition) is 3. The molecule has 8 heteroatoms. The lowest BCUT2D eigenvalue weighted by Crippen LogP contribution is -2.42. The minimum atomic E-state index is -4.46. The van der Waals surface area contributed by atoms with Gasteiger partial charge in [0, 0.05) is 4.88 Å². The minimum absolute atomic E-state index is 0.220. The third-order valence-electron chi connectivity index (χ3n) is 4.49. The van der Waals surface area contributed by atoms with Crippen LogP contribution in [0.2, 0.25) is 0 Å². The molecule has 1 aliphatic rings. The van der Waals surface area contributed by atoms with Gasteiger partial charge in [0.2, 0.25) is 5.91 Å². The van der Waals surface area contributed by atoms with Gasteiger partial charge >= 0.3 is 6.18 Å². The Labute approximate surface area is 158 Å². The van der Waals surface area contributed by atoms with Crippen LogP contribution in [0, 0.1) is 5.92 Å². The molecule has 0 spiro atoms. The average molecular weight is 396 g/mol. The second kappa shape index (κ2) is 7.72. The summed E-state index contributed by atoms with van der Waals surface area (Å²) in [7, 11) is 0. The molecule has 0 bridgehead atoms. The van der Waals surface area contributed by atoms with Crippen molar-refractivity contribution in [3.05, 3.63) is 56.8 Å². The molecule has 1 aromatic heterocycles. The van der Waals surface area contributed by atoms with E-state index in [0.717, 1.165) is 31.4 Å². The van der Waals surface area contributed by atoms with Crippen molar-refractivity contribution in [3.8, 4) is 0 Å². The number of carbonyl (C=O) groups excluding carboxylic acids is 2. The van der Waals surface area contributed by atoms with Crippen LogP contribution in [0.4, 0.5) is 13.2 Å². The van der Waals surface area contributed by atoms with Crippen LogP contribution >= 0.6 is 11.3 Å². The summed E-state index contributed by atoms with van der Waals surface area (Å²) in [6.45, 7) is 2.17. The number of aryl methyl sites for hydroxylation is 1. The number of amides is 2. The van der Waals surface area contributed by atoms with E-state index in [-0.39, 0.29) is 12.0 Å². The molecule has 144 valence electrons. The Morgan fingerprint density at radius 3 is 2.74 bits per heavy atom. The van der Waals surface area contributed by atoms with Crippen LogP contribution in [0.5, 0.6) is 0 Å². The van der Waals surface area contributed by atoms with Gasteiger partial charge in [-0.05, 0) is 48.4 Å². The topological polar surface area (TPSA) is 58.2 Å². The van der Waals surface area contributed by atoms with Crippen molar-refractivity contribution in [3.63, 3.8) is 0 Å². The summed E-state index contributed by atoms with van der Waals surface area (Å²) in [5, 5.41) is 0. The van der Waals surface area contributed by atoms with Crippen LogP contribution in [0.3, 0.4) is 0 Å². The van der Waals surface area contributed by atoms with Crippen molar-refractivity contribution in [1.82, 2.24) is 10.9 Å². The van der Waals surface area contributed by atoms with Crippen molar-refractivity contribution >= 4 is 23.2 Å². The summed E-state index contributed by atoms with van der Waals surface area (Å²) in [6, 6.07) is 6.41. The van der Waals surface area contributed by atoms with Gasteiger partial charge < -0.3 is 0 Å². The average Bonchev–Trinajstić information content (AvgIpc) is 3.02. The lowest BCUT2D eigenvalue weighted by atomic mass is 9.90. The number of halogens is 3. The number of rotatable bonds is 3. The summed E-state index contributed by atoms with van der Waals surface area (Å²) < 4.78 is 38.1. The second-order valence-electron chi connectivity index (χ2n) is 6.78. The molecular weight excluding hydrogens is 377 g/mol. The van der Waals surface area contributed by atoms with E-state index in [1.54, 1.807) is 0 Å². The van der Waals surface area contributed by atoms with E-state index < -0.39 is 23.6 Å². The van der Waals surface area contributed by atoms with E-state index >= 15 is 0 Å². The SMILES string of the molecule is C[C@@H]1CCc2sc(C(=O)NNC(=O)Cc3cccc(C(F)(F)F)c3)cc2C1. The highest BCUT2D eigenvalue weighted by atomic mass is 32.1. The van der Waals surface area contributed by atoms with E-state index in [0.29, 0.717) is 10.8 Å². The van der Waals surface area contributed by atoms with Crippen LogP contribution in [0.15, 0.2) is 30.3 Å². The molecular formula is C19H19F3N2O2S. The molecule has 2 aromatic rings. The van der Waals surface area contributed by atoms with Gasteiger partial charge in [-0.2, -0.15) is 13.2 Å². The molecule has 2 amide bonds. The maximum Gasteiger partial charge on any atom is 0.416 e.